The third-order valence-electron chi connectivity index (χ3n) is 4.01. The van der Waals surface area contributed by atoms with Crippen molar-refractivity contribution in [1.29, 1.82) is 0 Å². The quantitative estimate of drug-likeness (QED) is 0.280. The van der Waals surface area contributed by atoms with E-state index in [-0.39, 0.29) is 39.2 Å². The summed E-state index contributed by atoms with van der Waals surface area (Å²) >= 11 is 0. The van der Waals surface area contributed by atoms with Crippen LogP contribution < -0.4 is 4.72 Å². The van der Waals surface area contributed by atoms with E-state index >= 15 is 0 Å². The lowest BCUT2D eigenvalue weighted by molar-refractivity contribution is 0.104. The largest absolute Gasteiger partial charge is 0.508 e. The van der Waals surface area contributed by atoms with Crippen LogP contribution in [0.15, 0.2) is 77.7 Å². The summed E-state index contributed by atoms with van der Waals surface area (Å²) < 4.78 is 27.1. The van der Waals surface area contributed by atoms with Crippen molar-refractivity contribution < 1.29 is 28.5 Å². The summed E-state index contributed by atoms with van der Waals surface area (Å²) in [6, 6.07) is 15.4. The van der Waals surface area contributed by atoms with E-state index in [0.717, 1.165) is 6.07 Å². The van der Waals surface area contributed by atoms with Gasteiger partial charge in [0.2, 0.25) is 0 Å². The molecule has 0 aliphatic carbocycles. The van der Waals surface area contributed by atoms with Gasteiger partial charge in [-0.25, -0.2) is 8.42 Å². The minimum Gasteiger partial charge on any atom is -0.508 e. The number of allylic oxidation sites excluding steroid dienone is 1. The van der Waals surface area contributed by atoms with Gasteiger partial charge in [-0.05, 0) is 54.6 Å². The standard InChI is InChI=1S/C21H17NO6S/c23-17-4-2-5-18(13-17)29(27,28)22-16-10-7-14(8-11-16)19(24)12-9-15-3-1-6-20(25)21(15)26/h1-13,22-23,25-26H/b12-9+. The van der Waals surface area contributed by atoms with E-state index < -0.39 is 10.0 Å². The third kappa shape index (κ3) is 4.74. The lowest BCUT2D eigenvalue weighted by Gasteiger charge is -2.08. The van der Waals surface area contributed by atoms with E-state index in [4.69, 9.17) is 0 Å². The van der Waals surface area contributed by atoms with Gasteiger partial charge >= 0.3 is 0 Å². The maximum atomic E-state index is 12.3. The predicted molar refractivity (Wildman–Crippen MR) is 108 cm³/mol. The smallest absolute Gasteiger partial charge is 0.262 e. The Hall–Kier alpha value is -3.78. The topological polar surface area (TPSA) is 124 Å². The summed E-state index contributed by atoms with van der Waals surface area (Å²) in [4.78, 5) is 12.2. The zero-order valence-electron chi connectivity index (χ0n) is 15.0. The van der Waals surface area contributed by atoms with E-state index in [0.29, 0.717) is 5.56 Å². The zero-order chi connectivity index (χ0) is 21.0. The summed E-state index contributed by atoms with van der Waals surface area (Å²) in [6.45, 7) is 0. The molecule has 0 saturated heterocycles. The van der Waals surface area contributed by atoms with Gasteiger partial charge in [-0.1, -0.05) is 18.2 Å². The summed E-state index contributed by atoms with van der Waals surface area (Å²) in [7, 11) is -3.88. The Morgan fingerprint density at radius 2 is 1.59 bits per heavy atom. The molecule has 3 aromatic carbocycles. The van der Waals surface area contributed by atoms with Crippen molar-refractivity contribution in [2.45, 2.75) is 4.90 Å². The summed E-state index contributed by atoms with van der Waals surface area (Å²) in [5, 5.41) is 28.6. The molecular weight excluding hydrogens is 394 g/mol. The van der Waals surface area contributed by atoms with Gasteiger partial charge in [0.25, 0.3) is 10.0 Å². The van der Waals surface area contributed by atoms with E-state index in [1.807, 2.05) is 0 Å². The Morgan fingerprint density at radius 3 is 2.28 bits per heavy atom. The number of aromatic hydroxyl groups is 3. The van der Waals surface area contributed by atoms with Crippen molar-refractivity contribution in [3.63, 3.8) is 0 Å². The Morgan fingerprint density at radius 1 is 0.897 bits per heavy atom. The molecule has 0 fully saturated rings. The average Bonchev–Trinajstić information content (AvgIpc) is 2.69. The van der Waals surface area contributed by atoms with Gasteiger partial charge in [-0.2, -0.15) is 0 Å². The minimum atomic E-state index is -3.88. The van der Waals surface area contributed by atoms with Crippen LogP contribution in [0.5, 0.6) is 17.2 Å². The van der Waals surface area contributed by atoms with Crippen molar-refractivity contribution in [3.05, 3.63) is 83.9 Å². The molecule has 4 N–H and O–H groups in total. The van der Waals surface area contributed by atoms with Crippen LogP contribution in [0.25, 0.3) is 6.08 Å². The Kier molecular flexibility index (Phi) is 5.56. The second-order valence-electron chi connectivity index (χ2n) is 6.09. The monoisotopic (exact) mass is 411 g/mol. The van der Waals surface area contributed by atoms with Crippen molar-refractivity contribution >= 4 is 27.6 Å². The molecule has 0 aliphatic rings. The van der Waals surface area contributed by atoms with Crippen molar-refractivity contribution in [2.75, 3.05) is 4.72 Å². The predicted octanol–water partition coefficient (Wildman–Crippen LogP) is 3.50. The Labute approximate surface area is 167 Å². The number of rotatable bonds is 6. The van der Waals surface area contributed by atoms with Crippen molar-refractivity contribution in [2.24, 2.45) is 0 Å². The molecular formula is C21H17NO6S. The molecule has 29 heavy (non-hydrogen) atoms. The summed E-state index contributed by atoms with van der Waals surface area (Å²) in [6.07, 6.45) is 2.61. The second kappa shape index (κ2) is 8.07. The van der Waals surface area contributed by atoms with E-state index in [1.165, 1.54) is 72.8 Å². The number of ketones is 1. The first kappa shape index (κ1) is 20.0. The fraction of sp³-hybridized carbons (Fsp3) is 0. The maximum absolute atomic E-state index is 12.3. The zero-order valence-corrected chi connectivity index (χ0v) is 15.8. The van der Waals surface area contributed by atoms with Crippen LogP contribution in [0.4, 0.5) is 5.69 Å². The number of carbonyl (C=O) groups excluding carboxylic acids is 1. The van der Waals surface area contributed by atoms with E-state index in [1.54, 1.807) is 0 Å². The van der Waals surface area contributed by atoms with Crippen LogP contribution in [-0.2, 0) is 10.0 Å². The number of anilines is 1. The molecule has 3 rings (SSSR count). The molecule has 0 heterocycles. The molecule has 0 radical (unpaired) electrons. The summed E-state index contributed by atoms with van der Waals surface area (Å²) in [5.74, 6) is -1.15. The molecule has 148 valence electrons. The number of carbonyl (C=O) groups is 1. The maximum Gasteiger partial charge on any atom is 0.262 e. The third-order valence-corrected chi connectivity index (χ3v) is 5.39. The fourth-order valence-electron chi connectivity index (χ4n) is 2.51. The second-order valence-corrected chi connectivity index (χ2v) is 7.78. The van der Waals surface area contributed by atoms with Crippen molar-refractivity contribution in [1.82, 2.24) is 0 Å². The van der Waals surface area contributed by atoms with E-state index in [9.17, 15) is 28.5 Å². The van der Waals surface area contributed by atoms with Gasteiger partial charge in [0.15, 0.2) is 17.3 Å². The highest BCUT2D eigenvalue weighted by Crippen LogP contribution is 2.29. The van der Waals surface area contributed by atoms with Crippen LogP contribution in [-0.4, -0.2) is 29.5 Å². The Balaban J connectivity index is 1.73. The Bertz CT molecular complexity index is 1180. The molecule has 0 unspecified atom stereocenters. The molecule has 7 nitrogen and oxygen atoms in total. The number of phenolic OH excluding ortho intramolecular Hbond substituents is 3. The highest BCUT2D eigenvalue weighted by atomic mass is 32.2. The van der Waals surface area contributed by atoms with Crippen LogP contribution >= 0.6 is 0 Å². The molecule has 0 saturated carbocycles. The molecule has 0 amide bonds. The molecule has 0 aromatic heterocycles. The first-order chi connectivity index (χ1) is 13.8. The van der Waals surface area contributed by atoms with Gasteiger partial charge in [-0.3, -0.25) is 9.52 Å². The average molecular weight is 411 g/mol. The van der Waals surface area contributed by atoms with Gasteiger partial charge < -0.3 is 15.3 Å². The number of sulfonamides is 1. The number of nitrogens with one attached hydrogen (secondary N) is 1. The number of phenols is 3. The number of benzene rings is 3. The lowest BCUT2D eigenvalue weighted by atomic mass is 10.1. The van der Waals surface area contributed by atoms with Crippen LogP contribution in [0.2, 0.25) is 0 Å². The minimum absolute atomic E-state index is 0.0912. The molecule has 0 atom stereocenters. The van der Waals surface area contributed by atoms with E-state index in [2.05, 4.69) is 4.72 Å². The summed E-state index contributed by atoms with van der Waals surface area (Å²) in [5.41, 5.74) is 0.842. The molecule has 8 heteroatoms. The number of hydrogen-bond acceptors (Lipinski definition) is 6. The van der Waals surface area contributed by atoms with Gasteiger partial charge in [-0.15, -0.1) is 0 Å². The highest BCUT2D eigenvalue weighted by Gasteiger charge is 2.15. The normalized spacial score (nSPS) is 11.4. The molecule has 0 spiro atoms. The number of para-hydroxylation sites is 1. The fourth-order valence-corrected chi connectivity index (χ4v) is 3.61. The van der Waals surface area contributed by atoms with Gasteiger partial charge in [0.05, 0.1) is 4.90 Å². The highest BCUT2D eigenvalue weighted by molar-refractivity contribution is 7.92. The molecule has 3 aromatic rings. The first-order valence-corrected chi connectivity index (χ1v) is 9.90. The van der Waals surface area contributed by atoms with Gasteiger partial charge in [0, 0.05) is 22.9 Å². The van der Waals surface area contributed by atoms with Crippen LogP contribution in [0, 0.1) is 0 Å². The molecule has 0 aliphatic heterocycles. The van der Waals surface area contributed by atoms with Crippen LogP contribution in [0.3, 0.4) is 0 Å². The molecule has 0 bridgehead atoms. The lowest BCUT2D eigenvalue weighted by Crippen LogP contribution is -2.12. The number of hydrogen-bond donors (Lipinski definition) is 4. The van der Waals surface area contributed by atoms with Crippen molar-refractivity contribution in [3.8, 4) is 17.2 Å². The van der Waals surface area contributed by atoms with Crippen LogP contribution in [0.1, 0.15) is 15.9 Å². The first-order valence-electron chi connectivity index (χ1n) is 8.41. The van der Waals surface area contributed by atoms with Gasteiger partial charge in [0.1, 0.15) is 5.75 Å². The SMILES string of the molecule is O=C(/C=C/c1cccc(O)c1O)c1ccc(NS(=O)(=O)c2cccc(O)c2)cc1.